The van der Waals surface area contributed by atoms with Gasteiger partial charge >= 0.3 is 235 Å². The van der Waals surface area contributed by atoms with E-state index in [4.69, 9.17) is 0 Å². The summed E-state index contributed by atoms with van der Waals surface area (Å²) >= 11 is -0.0236. The molecule has 0 aromatic heterocycles. The molecule has 0 saturated carbocycles. The molecule has 1 rings (SSSR count). The van der Waals surface area contributed by atoms with Gasteiger partial charge in [-0.25, -0.2) is 0 Å². The van der Waals surface area contributed by atoms with Gasteiger partial charge in [-0.3, -0.25) is 0 Å². The quantitative estimate of drug-likeness (QED) is 0.250. The first-order valence-electron chi connectivity index (χ1n) is 18.2. The molecule has 0 aliphatic carbocycles. The van der Waals surface area contributed by atoms with Crippen molar-refractivity contribution in [3.63, 3.8) is 0 Å². The Hall–Kier alpha value is 1.58. The van der Waals surface area contributed by atoms with Gasteiger partial charge in [0.05, 0.1) is 8.80 Å². The molecule has 7 heteroatoms. The Labute approximate surface area is 299 Å². The standard InChI is InChI=1S/C29H65GeSi5.C9H21Si/c1-24(2,3)32(19,25(4,5)6)31-30-22-23-35(31,33(20,26(7,8)9)27(10,11)12)34(21,28(13,14)15)29(16,17)18;1-8(2,3)10(7)9(4,5)6/h22-23H,1-21H3;1-7H3. The van der Waals surface area contributed by atoms with Crippen molar-refractivity contribution in [1.82, 2.24) is 0 Å². The fourth-order valence-corrected chi connectivity index (χ4v) is 219. The molecular weight excluding hydrogens is 698 g/mol. The van der Waals surface area contributed by atoms with Crippen molar-refractivity contribution in [1.29, 1.82) is 0 Å². The van der Waals surface area contributed by atoms with Crippen molar-refractivity contribution in [2.75, 3.05) is 0 Å². The van der Waals surface area contributed by atoms with Crippen LogP contribution in [0.3, 0.4) is 0 Å². The molecular formula is C38H86GeSi6. The normalized spacial score (nSPS) is 18.2. The molecule has 0 aromatic rings. The molecule has 0 saturated heterocycles. The Morgan fingerprint density at radius 1 is 0.467 bits per heavy atom. The minimum absolute atomic E-state index is 0.0236. The second-order valence-electron chi connectivity index (χ2n) is 23.7. The van der Waals surface area contributed by atoms with Gasteiger partial charge in [-0.2, -0.15) is 0 Å². The maximum Gasteiger partial charge on any atom is 0.0561 e. The predicted molar refractivity (Wildman–Crippen MR) is 231 cm³/mol. The molecule has 0 atom stereocenters. The summed E-state index contributed by atoms with van der Waals surface area (Å²) in [5.41, 5.74) is 3.18. The van der Waals surface area contributed by atoms with E-state index in [1.807, 2.05) is 0 Å². The van der Waals surface area contributed by atoms with Gasteiger partial charge in [-0.1, -0.05) is 48.1 Å². The van der Waals surface area contributed by atoms with Crippen molar-refractivity contribution in [3.05, 3.63) is 10.6 Å². The Morgan fingerprint density at radius 2 is 0.711 bits per heavy atom. The molecule has 45 heavy (non-hydrogen) atoms. The zero-order valence-corrected chi connectivity index (χ0v) is 44.8. The third-order valence-corrected chi connectivity index (χ3v) is 142. The second kappa shape index (κ2) is 13.3. The average molecular weight is 784 g/mol. The molecule has 0 aromatic carbocycles. The Kier molecular flexibility index (Phi) is 13.8. The summed E-state index contributed by atoms with van der Waals surface area (Å²) in [5.74, 6) is -0.489. The summed E-state index contributed by atoms with van der Waals surface area (Å²) in [6, 6.07) is 0. The van der Waals surface area contributed by atoms with E-state index in [0.717, 1.165) is 0 Å². The maximum absolute atomic E-state index is 3.18. The predicted octanol–water partition coefficient (Wildman–Crippen LogP) is 14.3. The van der Waals surface area contributed by atoms with E-state index in [1.54, 1.807) is 0 Å². The van der Waals surface area contributed by atoms with Crippen LogP contribution < -0.4 is 0 Å². The molecule has 0 nitrogen and oxygen atoms in total. The molecule has 0 N–H and O–H groups in total. The first-order valence-corrected chi connectivity index (χ1v) is 39.6. The molecule has 1 aliphatic heterocycles. The minimum atomic E-state index is -1.85. The van der Waals surface area contributed by atoms with Crippen LogP contribution in [0.5, 0.6) is 0 Å². The van der Waals surface area contributed by atoms with Gasteiger partial charge in [-0.05, 0) is 10.1 Å². The van der Waals surface area contributed by atoms with Crippen molar-refractivity contribution in [3.8, 4) is 0 Å². The number of rotatable bonds is 3. The average Bonchev–Trinajstić information content (AvgIpc) is 3.17. The van der Waals surface area contributed by atoms with E-state index in [2.05, 4.69) is 203 Å². The van der Waals surface area contributed by atoms with Crippen LogP contribution in [0.15, 0.2) is 10.6 Å². The van der Waals surface area contributed by atoms with Gasteiger partial charge < -0.3 is 0 Å². The second-order valence-corrected chi connectivity index (χ2v) is 83.7. The zero-order valence-electron chi connectivity index (χ0n) is 36.7. The van der Waals surface area contributed by atoms with Crippen LogP contribution in [0.4, 0.5) is 0 Å². The van der Waals surface area contributed by atoms with Crippen LogP contribution in [0.2, 0.25) is 66.5 Å². The van der Waals surface area contributed by atoms with E-state index in [0.29, 0.717) is 40.3 Å². The molecule has 0 fully saturated rings. The smallest absolute Gasteiger partial charge is 0.0561 e. The first kappa shape index (κ1) is 46.6. The molecule has 0 unspecified atom stereocenters. The number of hydrogen-bond donors (Lipinski definition) is 0. The van der Waals surface area contributed by atoms with E-state index in [9.17, 15) is 0 Å². The Balaban J connectivity index is 0.00000165. The van der Waals surface area contributed by atoms with Gasteiger partial charge in [0, 0.05) is 0 Å². The van der Waals surface area contributed by atoms with E-state index in [1.165, 1.54) is 0 Å². The first-order chi connectivity index (χ1) is 19.0. The van der Waals surface area contributed by atoms with Crippen LogP contribution in [-0.2, 0) is 0 Å². The molecule has 0 amide bonds. The van der Waals surface area contributed by atoms with Crippen LogP contribution in [0.25, 0.3) is 0 Å². The van der Waals surface area contributed by atoms with Gasteiger partial charge in [0.2, 0.25) is 0 Å². The third kappa shape index (κ3) is 7.92. The van der Waals surface area contributed by atoms with Crippen LogP contribution >= 0.6 is 0 Å². The molecule has 0 spiro atoms. The van der Waals surface area contributed by atoms with Crippen molar-refractivity contribution in [2.24, 2.45) is 0 Å². The summed E-state index contributed by atoms with van der Waals surface area (Å²) in [6.45, 7) is 72.0. The summed E-state index contributed by atoms with van der Waals surface area (Å²) < 4.78 is 0. The largest absolute Gasteiger partial charge is 0.0703 e. The van der Waals surface area contributed by atoms with Crippen molar-refractivity contribution >= 4 is 58.4 Å². The van der Waals surface area contributed by atoms with E-state index >= 15 is 0 Å². The van der Waals surface area contributed by atoms with Crippen LogP contribution in [0, 0.1) is 0 Å². The van der Waals surface area contributed by atoms with Gasteiger partial charge in [-0.15, -0.1) is 0 Å². The molecule has 1 heterocycles. The van der Waals surface area contributed by atoms with E-state index < -0.39 is 35.3 Å². The fraction of sp³-hybridized carbons (Fsp3) is 0.947. The fourth-order valence-electron chi connectivity index (χ4n) is 9.94. The van der Waals surface area contributed by atoms with Gasteiger partial charge in [0.15, 0.2) is 0 Å². The molecule has 0 bridgehead atoms. The minimum Gasteiger partial charge on any atom is -0.0703 e. The van der Waals surface area contributed by atoms with Gasteiger partial charge in [0.25, 0.3) is 0 Å². The molecule has 266 valence electrons. The third-order valence-electron chi connectivity index (χ3n) is 14.3. The van der Waals surface area contributed by atoms with Crippen molar-refractivity contribution in [2.45, 2.75) is 233 Å². The summed E-state index contributed by atoms with van der Waals surface area (Å²) in [7, 11) is -5.54. The molecule has 1 aliphatic rings. The summed E-state index contributed by atoms with van der Waals surface area (Å²) in [5, 5.41) is 3.61. The van der Waals surface area contributed by atoms with Crippen LogP contribution in [0.1, 0.15) is 166 Å². The number of hydrogen-bond acceptors (Lipinski definition) is 0. The van der Waals surface area contributed by atoms with Crippen molar-refractivity contribution < 1.29 is 0 Å². The van der Waals surface area contributed by atoms with E-state index in [-0.39, 0.29) is 23.1 Å². The topological polar surface area (TPSA) is 0 Å². The SMILES string of the molecule is CC(C)(C)[Si](C)([Si]1=[Ge][CH]=C[Si]1([Si](C)(C(C)(C)C)C(C)(C)C)[Si](C)(C(C)(C)C)C(C)(C)C)C(C)(C)C.C[Si](C(C)(C)C)C(C)(C)C. The Morgan fingerprint density at radius 3 is 0.867 bits per heavy atom. The Bertz CT molecular complexity index is 981. The maximum atomic E-state index is 3.18. The van der Waals surface area contributed by atoms with Crippen LogP contribution in [-0.4, -0.2) is 58.4 Å². The van der Waals surface area contributed by atoms with Gasteiger partial charge in [0.1, 0.15) is 0 Å². The summed E-state index contributed by atoms with van der Waals surface area (Å²) in [6.07, 6.45) is 0. The zero-order chi connectivity index (χ0) is 37.3. The monoisotopic (exact) mass is 784 g/mol. The molecule has 2 radical (unpaired) electrons. The summed E-state index contributed by atoms with van der Waals surface area (Å²) in [4.78, 5) is 2.94.